The highest BCUT2D eigenvalue weighted by molar-refractivity contribution is 7.17. The molecular weight excluding hydrogens is 324 g/mol. The summed E-state index contributed by atoms with van der Waals surface area (Å²) in [7, 11) is 1.66. The van der Waals surface area contributed by atoms with Crippen LogP contribution in [0.4, 0.5) is 0 Å². The van der Waals surface area contributed by atoms with Crippen molar-refractivity contribution in [2.75, 3.05) is 7.11 Å². The SMILES string of the molecule is COc1ccc(-c2cn3c4c(sc3n2)CCCC4C(=O)O)cc1C. The molecule has 0 fully saturated rings. The smallest absolute Gasteiger partial charge is 0.312 e. The van der Waals surface area contributed by atoms with E-state index in [0.717, 1.165) is 50.9 Å². The normalized spacial score (nSPS) is 17.0. The molecule has 2 aromatic heterocycles. The van der Waals surface area contributed by atoms with Gasteiger partial charge in [0.15, 0.2) is 4.96 Å². The Morgan fingerprint density at radius 1 is 1.46 bits per heavy atom. The van der Waals surface area contributed by atoms with Gasteiger partial charge < -0.3 is 9.84 Å². The molecule has 4 rings (SSSR count). The summed E-state index contributed by atoms with van der Waals surface area (Å²) in [5.74, 6) is -0.323. The topological polar surface area (TPSA) is 63.8 Å². The number of nitrogens with zero attached hydrogens (tertiary/aromatic N) is 2. The third kappa shape index (κ3) is 2.29. The summed E-state index contributed by atoms with van der Waals surface area (Å²) in [4.78, 5) is 18.4. The van der Waals surface area contributed by atoms with E-state index in [4.69, 9.17) is 9.72 Å². The number of thiazole rings is 1. The fourth-order valence-corrected chi connectivity index (χ4v) is 4.67. The molecule has 1 aliphatic rings. The first-order chi connectivity index (χ1) is 11.6. The summed E-state index contributed by atoms with van der Waals surface area (Å²) >= 11 is 1.61. The van der Waals surface area contributed by atoms with E-state index in [1.165, 1.54) is 0 Å². The van der Waals surface area contributed by atoms with E-state index in [9.17, 15) is 9.90 Å². The van der Waals surface area contributed by atoms with Gasteiger partial charge >= 0.3 is 5.97 Å². The number of aryl methyl sites for hydroxylation is 2. The molecule has 1 aromatic carbocycles. The predicted octanol–water partition coefficient (Wildman–Crippen LogP) is 3.88. The second kappa shape index (κ2) is 5.63. The number of hydrogen-bond acceptors (Lipinski definition) is 4. The fourth-order valence-electron chi connectivity index (χ4n) is 3.47. The van der Waals surface area contributed by atoms with Gasteiger partial charge in [-0.3, -0.25) is 9.20 Å². The number of benzene rings is 1. The summed E-state index contributed by atoms with van der Waals surface area (Å²) < 4.78 is 7.28. The monoisotopic (exact) mass is 342 g/mol. The number of rotatable bonds is 3. The highest BCUT2D eigenvalue weighted by atomic mass is 32.1. The van der Waals surface area contributed by atoms with Crippen LogP contribution in [0.1, 0.15) is 34.9 Å². The Kier molecular flexibility index (Phi) is 3.57. The van der Waals surface area contributed by atoms with Crippen molar-refractivity contribution in [1.29, 1.82) is 0 Å². The zero-order chi connectivity index (χ0) is 16.8. The number of aliphatic carboxylic acids is 1. The Labute approximate surface area is 143 Å². The van der Waals surface area contributed by atoms with Crippen LogP contribution in [0.5, 0.6) is 5.75 Å². The van der Waals surface area contributed by atoms with E-state index in [1.54, 1.807) is 18.4 Å². The Bertz CT molecular complexity index is 941. The molecule has 124 valence electrons. The molecular formula is C18H18N2O3S. The number of ether oxygens (including phenoxy) is 1. The number of hydrogen-bond donors (Lipinski definition) is 1. The van der Waals surface area contributed by atoms with Crippen molar-refractivity contribution in [2.24, 2.45) is 0 Å². The average Bonchev–Trinajstić information content (AvgIpc) is 3.11. The summed E-state index contributed by atoms with van der Waals surface area (Å²) in [6.07, 6.45) is 4.54. The van der Waals surface area contributed by atoms with Crippen LogP contribution in [0.2, 0.25) is 0 Å². The fraction of sp³-hybridized carbons (Fsp3) is 0.333. The lowest BCUT2D eigenvalue weighted by molar-refractivity contribution is -0.139. The molecule has 24 heavy (non-hydrogen) atoms. The first-order valence-corrected chi connectivity index (χ1v) is 8.78. The number of imidazole rings is 1. The van der Waals surface area contributed by atoms with E-state index in [1.807, 2.05) is 35.7 Å². The van der Waals surface area contributed by atoms with E-state index in [2.05, 4.69) is 0 Å². The van der Waals surface area contributed by atoms with Crippen LogP contribution in [0.15, 0.2) is 24.4 Å². The molecule has 5 nitrogen and oxygen atoms in total. The first kappa shape index (κ1) is 15.2. The van der Waals surface area contributed by atoms with Gasteiger partial charge in [-0.15, -0.1) is 11.3 Å². The molecule has 0 saturated heterocycles. The molecule has 0 saturated carbocycles. The highest BCUT2D eigenvalue weighted by Gasteiger charge is 2.31. The van der Waals surface area contributed by atoms with Gasteiger partial charge in [0.2, 0.25) is 0 Å². The van der Waals surface area contributed by atoms with Crippen molar-refractivity contribution < 1.29 is 14.6 Å². The van der Waals surface area contributed by atoms with Crippen molar-refractivity contribution in [3.63, 3.8) is 0 Å². The van der Waals surface area contributed by atoms with Gasteiger partial charge in [-0.1, -0.05) is 0 Å². The van der Waals surface area contributed by atoms with Gasteiger partial charge in [0, 0.05) is 16.6 Å². The lowest BCUT2D eigenvalue weighted by Gasteiger charge is -2.18. The Hall–Kier alpha value is -2.34. The van der Waals surface area contributed by atoms with Gasteiger partial charge in [-0.25, -0.2) is 4.98 Å². The van der Waals surface area contributed by atoms with Gasteiger partial charge in [-0.05, 0) is 49.9 Å². The lowest BCUT2D eigenvalue weighted by atomic mass is 9.91. The second-order valence-electron chi connectivity index (χ2n) is 6.16. The van der Waals surface area contributed by atoms with E-state index < -0.39 is 11.9 Å². The molecule has 3 aromatic rings. The number of aromatic nitrogens is 2. The summed E-state index contributed by atoms with van der Waals surface area (Å²) in [5, 5.41) is 9.54. The Morgan fingerprint density at radius 2 is 2.29 bits per heavy atom. The quantitative estimate of drug-likeness (QED) is 0.784. The molecule has 0 spiro atoms. The number of carboxylic acids is 1. The lowest BCUT2D eigenvalue weighted by Crippen LogP contribution is -2.18. The minimum atomic E-state index is -0.744. The zero-order valence-corrected chi connectivity index (χ0v) is 14.4. The largest absolute Gasteiger partial charge is 0.496 e. The number of carbonyl (C=O) groups is 1. The minimum absolute atomic E-state index is 0.429. The number of fused-ring (bicyclic) bond motifs is 3. The third-order valence-corrected chi connectivity index (χ3v) is 5.78. The van der Waals surface area contributed by atoms with Gasteiger partial charge in [0.05, 0.1) is 24.4 Å². The van der Waals surface area contributed by atoms with E-state index >= 15 is 0 Å². The molecule has 1 atom stereocenters. The minimum Gasteiger partial charge on any atom is -0.496 e. The molecule has 0 bridgehead atoms. The van der Waals surface area contributed by atoms with Crippen LogP contribution >= 0.6 is 11.3 Å². The predicted molar refractivity (Wildman–Crippen MR) is 93.1 cm³/mol. The van der Waals surface area contributed by atoms with Crippen LogP contribution in [0.3, 0.4) is 0 Å². The van der Waals surface area contributed by atoms with Crippen LogP contribution in [-0.2, 0) is 11.2 Å². The van der Waals surface area contributed by atoms with Gasteiger partial charge in [0.1, 0.15) is 5.75 Å². The first-order valence-electron chi connectivity index (χ1n) is 7.97. The molecule has 6 heteroatoms. The molecule has 1 unspecified atom stereocenters. The summed E-state index contributed by atoms with van der Waals surface area (Å²) in [6.45, 7) is 2.00. The average molecular weight is 342 g/mol. The molecule has 0 aliphatic heterocycles. The van der Waals surface area contributed by atoms with Crippen molar-refractivity contribution in [1.82, 2.24) is 9.38 Å². The maximum atomic E-state index is 11.6. The highest BCUT2D eigenvalue weighted by Crippen LogP contribution is 2.38. The summed E-state index contributed by atoms with van der Waals surface area (Å²) in [5.41, 5.74) is 3.85. The number of methoxy groups -OCH3 is 1. The maximum Gasteiger partial charge on any atom is 0.312 e. The van der Waals surface area contributed by atoms with Gasteiger partial charge in [-0.2, -0.15) is 0 Å². The van der Waals surface area contributed by atoms with Crippen molar-refractivity contribution in [3.05, 3.63) is 40.5 Å². The third-order valence-electron chi connectivity index (χ3n) is 4.65. The van der Waals surface area contributed by atoms with Crippen LogP contribution in [0, 0.1) is 6.92 Å². The maximum absolute atomic E-state index is 11.6. The van der Waals surface area contributed by atoms with Crippen molar-refractivity contribution >= 4 is 22.3 Å². The van der Waals surface area contributed by atoms with Crippen LogP contribution < -0.4 is 4.74 Å². The number of carboxylic acid groups (broad SMARTS) is 1. The van der Waals surface area contributed by atoms with Crippen LogP contribution in [-0.4, -0.2) is 27.6 Å². The molecule has 0 amide bonds. The van der Waals surface area contributed by atoms with E-state index in [0.29, 0.717) is 6.42 Å². The van der Waals surface area contributed by atoms with Crippen molar-refractivity contribution in [2.45, 2.75) is 32.1 Å². The molecule has 2 heterocycles. The Morgan fingerprint density at radius 3 is 3.00 bits per heavy atom. The Balaban J connectivity index is 1.82. The molecule has 0 radical (unpaired) electrons. The van der Waals surface area contributed by atoms with Gasteiger partial charge in [0.25, 0.3) is 0 Å². The second-order valence-corrected chi connectivity index (χ2v) is 7.22. The van der Waals surface area contributed by atoms with Crippen molar-refractivity contribution in [3.8, 4) is 17.0 Å². The molecule has 1 N–H and O–H groups in total. The molecule has 1 aliphatic carbocycles. The van der Waals surface area contributed by atoms with E-state index in [-0.39, 0.29) is 0 Å². The zero-order valence-electron chi connectivity index (χ0n) is 13.6. The summed E-state index contributed by atoms with van der Waals surface area (Å²) in [6, 6.07) is 5.97. The standard InChI is InChI=1S/C18H18N2O3S/c1-10-8-11(6-7-14(10)23-2)13-9-20-16-12(17(21)22)4-3-5-15(16)24-18(20)19-13/h6-9,12H,3-5H2,1-2H3,(H,21,22). The van der Waals surface area contributed by atoms with Crippen LogP contribution in [0.25, 0.3) is 16.2 Å².